The van der Waals surface area contributed by atoms with Crippen LogP contribution in [-0.4, -0.2) is 26.4 Å². The van der Waals surface area contributed by atoms with Gasteiger partial charge in [-0.15, -0.1) is 0 Å². The summed E-state index contributed by atoms with van der Waals surface area (Å²) < 4.78 is 9.45. The zero-order chi connectivity index (χ0) is 17.1. The van der Waals surface area contributed by atoms with Gasteiger partial charge in [0.05, 0.1) is 25.6 Å². The minimum Gasteiger partial charge on any atom is -0.453 e. The average molecular weight is 324 g/mol. The molecule has 0 bridgehead atoms. The maximum Gasteiger partial charge on any atom is 0.411 e. The van der Waals surface area contributed by atoms with Crippen LogP contribution in [0.25, 0.3) is 21.5 Å². The highest BCUT2D eigenvalue weighted by molar-refractivity contribution is 6.23. The summed E-state index contributed by atoms with van der Waals surface area (Å²) >= 11 is 0. The predicted molar refractivity (Wildman–Crippen MR) is 93.5 cm³/mol. The number of nitrogens with one attached hydrogen (secondary N) is 2. The molecule has 24 heavy (non-hydrogen) atoms. The van der Waals surface area contributed by atoms with Gasteiger partial charge in [-0.2, -0.15) is 0 Å². The number of fused-ring (bicyclic) bond motifs is 2. The number of carbonyl (C=O) groups is 2. The Kier molecular flexibility index (Phi) is 4.20. The second-order valence-electron chi connectivity index (χ2n) is 5.07. The van der Waals surface area contributed by atoms with Crippen LogP contribution in [0, 0.1) is 0 Å². The van der Waals surface area contributed by atoms with Gasteiger partial charge in [0.1, 0.15) is 0 Å². The molecule has 0 saturated heterocycles. The normalized spacial score (nSPS) is 10.4. The molecular weight excluding hydrogens is 308 g/mol. The molecule has 0 atom stereocenters. The van der Waals surface area contributed by atoms with Crippen LogP contribution in [0.3, 0.4) is 0 Å². The lowest BCUT2D eigenvalue weighted by Gasteiger charge is -2.17. The van der Waals surface area contributed by atoms with Crippen molar-refractivity contribution in [3.8, 4) is 0 Å². The number of rotatable bonds is 2. The number of ether oxygens (including phenoxy) is 2. The number of methoxy groups -OCH3 is 2. The molecule has 0 spiro atoms. The van der Waals surface area contributed by atoms with E-state index in [0.717, 1.165) is 21.5 Å². The smallest absolute Gasteiger partial charge is 0.411 e. The van der Waals surface area contributed by atoms with Gasteiger partial charge in [-0.1, -0.05) is 48.5 Å². The van der Waals surface area contributed by atoms with Crippen LogP contribution in [0.1, 0.15) is 0 Å². The molecule has 0 saturated carbocycles. The van der Waals surface area contributed by atoms with E-state index in [1.807, 2.05) is 48.5 Å². The second kappa shape index (κ2) is 6.45. The van der Waals surface area contributed by atoms with Crippen LogP contribution >= 0.6 is 0 Å². The Hall–Kier alpha value is -3.28. The molecule has 2 N–H and O–H groups in total. The van der Waals surface area contributed by atoms with Gasteiger partial charge in [-0.05, 0) is 0 Å². The third kappa shape index (κ3) is 2.69. The summed E-state index contributed by atoms with van der Waals surface area (Å²) in [6.45, 7) is 0. The summed E-state index contributed by atoms with van der Waals surface area (Å²) in [7, 11) is 2.62. The largest absolute Gasteiger partial charge is 0.453 e. The van der Waals surface area contributed by atoms with Gasteiger partial charge in [0.15, 0.2) is 0 Å². The van der Waals surface area contributed by atoms with Crippen LogP contribution in [0.2, 0.25) is 0 Å². The Morgan fingerprint density at radius 1 is 0.667 bits per heavy atom. The maximum atomic E-state index is 11.8. The lowest BCUT2D eigenvalue weighted by molar-refractivity contribution is 0.186. The molecule has 0 unspecified atom stereocenters. The standard InChI is InChI=1S/C18H16N2O4/c1-23-17(21)19-15-11-7-3-5-9-13(11)16(20-18(22)24-2)14-10-6-4-8-12(14)15/h3-10H,1-2H3,(H,19,21)(H,20,22). The van der Waals surface area contributed by atoms with E-state index >= 15 is 0 Å². The summed E-state index contributed by atoms with van der Waals surface area (Å²) in [5.74, 6) is 0. The molecular formula is C18H16N2O4. The number of amides is 2. The molecule has 0 aliphatic rings. The van der Waals surface area contributed by atoms with Gasteiger partial charge in [0.25, 0.3) is 0 Å². The molecule has 6 heteroatoms. The summed E-state index contributed by atoms with van der Waals surface area (Å²) in [5.41, 5.74) is 1.26. The van der Waals surface area contributed by atoms with Crippen molar-refractivity contribution in [3.05, 3.63) is 48.5 Å². The van der Waals surface area contributed by atoms with Crippen molar-refractivity contribution in [1.82, 2.24) is 0 Å². The van der Waals surface area contributed by atoms with E-state index in [1.165, 1.54) is 14.2 Å². The van der Waals surface area contributed by atoms with E-state index in [1.54, 1.807) is 0 Å². The van der Waals surface area contributed by atoms with Crippen molar-refractivity contribution in [2.45, 2.75) is 0 Å². The highest BCUT2D eigenvalue weighted by atomic mass is 16.5. The molecule has 2 amide bonds. The van der Waals surface area contributed by atoms with E-state index in [9.17, 15) is 9.59 Å². The number of anilines is 2. The van der Waals surface area contributed by atoms with Crippen LogP contribution in [0.4, 0.5) is 21.0 Å². The Morgan fingerprint density at radius 3 is 1.21 bits per heavy atom. The van der Waals surface area contributed by atoms with Crippen molar-refractivity contribution in [3.63, 3.8) is 0 Å². The van der Waals surface area contributed by atoms with Gasteiger partial charge in [-0.3, -0.25) is 10.6 Å². The monoisotopic (exact) mass is 324 g/mol. The third-order valence-electron chi connectivity index (χ3n) is 3.76. The summed E-state index contributed by atoms with van der Waals surface area (Å²) in [6, 6.07) is 14.9. The van der Waals surface area contributed by atoms with Gasteiger partial charge in [0.2, 0.25) is 0 Å². The Morgan fingerprint density at radius 2 is 0.958 bits per heavy atom. The van der Waals surface area contributed by atoms with Gasteiger partial charge in [-0.25, -0.2) is 9.59 Å². The predicted octanol–water partition coefficient (Wildman–Crippen LogP) is 4.35. The van der Waals surface area contributed by atoms with Crippen LogP contribution in [-0.2, 0) is 9.47 Å². The first-order valence-corrected chi connectivity index (χ1v) is 7.29. The van der Waals surface area contributed by atoms with Crippen LogP contribution < -0.4 is 10.6 Å². The topological polar surface area (TPSA) is 76.7 Å². The maximum absolute atomic E-state index is 11.8. The zero-order valence-corrected chi connectivity index (χ0v) is 13.3. The number of hydrogen-bond donors (Lipinski definition) is 2. The minimum atomic E-state index is -0.556. The highest BCUT2D eigenvalue weighted by Crippen LogP contribution is 2.39. The lowest BCUT2D eigenvalue weighted by Crippen LogP contribution is -2.14. The molecule has 3 aromatic rings. The minimum absolute atomic E-state index is 0.556. The fraction of sp³-hybridized carbons (Fsp3) is 0.111. The Bertz CT molecular complexity index is 804. The number of carbonyl (C=O) groups excluding carboxylic acids is 2. The second-order valence-corrected chi connectivity index (χ2v) is 5.07. The summed E-state index contributed by atoms with van der Waals surface area (Å²) in [5, 5.41) is 8.67. The van der Waals surface area contributed by atoms with Gasteiger partial charge in [0, 0.05) is 21.5 Å². The molecule has 0 fully saturated rings. The Balaban J connectivity index is 2.36. The number of benzene rings is 3. The highest BCUT2D eigenvalue weighted by Gasteiger charge is 2.16. The number of hydrogen-bond acceptors (Lipinski definition) is 4. The molecule has 3 aromatic carbocycles. The molecule has 3 rings (SSSR count). The SMILES string of the molecule is COC(=O)Nc1c2ccccc2c(NC(=O)OC)c2ccccc12. The van der Waals surface area contributed by atoms with Gasteiger partial charge >= 0.3 is 12.2 Å². The molecule has 0 aliphatic heterocycles. The van der Waals surface area contributed by atoms with Gasteiger partial charge < -0.3 is 9.47 Å². The van der Waals surface area contributed by atoms with E-state index in [4.69, 9.17) is 9.47 Å². The summed E-state index contributed by atoms with van der Waals surface area (Å²) in [6.07, 6.45) is -1.11. The first-order valence-electron chi connectivity index (χ1n) is 7.29. The zero-order valence-electron chi connectivity index (χ0n) is 13.3. The van der Waals surface area contributed by atoms with Crippen LogP contribution in [0.15, 0.2) is 48.5 Å². The van der Waals surface area contributed by atoms with Crippen molar-refractivity contribution in [1.29, 1.82) is 0 Å². The fourth-order valence-electron chi connectivity index (χ4n) is 2.70. The molecule has 0 radical (unpaired) electrons. The quantitative estimate of drug-likeness (QED) is 0.543. The lowest BCUT2D eigenvalue weighted by atomic mass is 9.98. The van der Waals surface area contributed by atoms with E-state index in [0.29, 0.717) is 11.4 Å². The van der Waals surface area contributed by atoms with Crippen molar-refractivity contribution in [2.75, 3.05) is 24.9 Å². The summed E-state index contributed by atoms with van der Waals surface area (Å²) in [4.78, 5) is 23.5. The van der Waals surface area contributed by atoms with Crippen molar-refractivity contribution >= 4 is 45.1 Å². The first kappa shape index (κ1) is 15.6. The molecule has 122 valence electrons. The third-order valence-corrected chi connectivity index (χ3v) is 3.76. The molecule has 0 heterocycles. The van der Waals surface area contributed by atoms with Crippen molar-refractivity contribution < 1.29 is 19.1 Å². The molecule has 0 aliphatic carbocycles. The fourth-order valence-corrected chi connectivity index (χ4v) is 2.70. The van der Waals surface area contributed by atoms with E-state index in [-0.39, 0.29) is 0 Å². The molecule has 0 aromatic heterocycles. The average Bonchev–Trinajstić information content (AvgIpc) is 2.63. The van der Waals surface area contributed by atoms with Crippen LogP contribution in [0.5, 0.6) is 0 Å². The molecule has 6 nitrogen and oxygen atoms in total. The first-order chi connectivity index (χ1) is 11.7. The van der Waals surface area contributed by atoms with Crippen molar-refractivity contribution in [2.24, 2.45) is 0 Å². The van der Waals surface area contributed by atoms with E-state index in [2.05, 4.69) is 10.6 Å². The van der Waals surface area contributed by atoms with E-state index < -0.39 is 12.2 Å². The Labute approximate surface area is 138 Å².